The molecule has 100 valence electrons. The van der Waals surface area contributed by atoms with Gasteiger partial charge in [0.1, 0.15) is 0 Å². The van der Waals surface area contributed by atoms with E-state index in [-0.39, 0.29) is 11.9 Å². The van der Waals surface area contributed by atoms with Crippen molar-refractivity contribution in [1.82, 2.24) is 0 Å². The SMILES string of the molecule is O=S(=O)(CC1CCCO1)Nc1cccc(Cl)c1Br. The van der Waals surface area contributed by atoms with E-state index in [0.717, 1.165) is 12.8 Å². The zero-order chi connectivity index (χ0) is 13.2. The van der Waals surface area contributed by atoms with Crippen molar-refractivity contribution >= 4 is 43.2 Å². The van der Waals surface area contributed by atoms with E-state index >= 15 is 0 Å². The van der Waals surface area contributed by atoms with Gasteiger partial charge in [0.05, 0.1) is 27.0 Å². The van der Waals surface area contributed by atoms with Crippen LogP contribution in [0, 0.1) is 0 Å². The van der Waals surface area contributed by atoms with Crippen LogP contribution in [0.3, 0.4) is 0 Å². The molecule has 7 heteroatoms. The maximum atomic E-state index is 12.0. The molecule has 1 heterocycles. The first-order valence-corrected chi connectivity index (χ1v) is 8.36. The molecule has 18 heavy (non-hydrogen) atoms. The summed E-state index contributed by atoms with van der Waals surface area (Å²) >= 11 is 9.16. The van der Waals surface area contributed by atoms with Gasteiger partial charge >= 0.3 is 0 Å². The van der Waals surface area contributed by atoms with Crippen molar-refractivity contribution in [3.05, 3.63) is 27.7 Å². The summed E-state index contributed by atoms with van der Waals surface area (Å²) in [5.41, 5.74) is 0.445. The first kappa shape index (κ1) is 14.1. The molecule has 1 saturated heterocycles. The average Bonchev–Trinajstić information content (AvgIpc) is 2.76. The number of hydrogen-bond donors (Lipinski definition) is 1. The van der Waals surface area contributed by atoms with Gasteiger partial charge < -0.3 is 4.74 Å². The Kier molecular flexibility index (Phi) is 4.53. The van der Waals surface area contributed by atoms with Gasteiger partial charge in [0.25, 0.3) is 0 Å². The van der Waals surface area contributed by atoms with E-state index in [4.69, 9.17) is 16.3 Å². The topological polar surface area (TPSA) is 55.4 Å². The van der Waals surface area contributed by atoms with Crippen molar-refractivity contribution in [2.24, 2.45) is 0 Å². The molecule has 1 N–H and O–H groups in total. The second kappa shape index (κ2) is 5.77. The van der Waals surface area contributed by atoms with E-state index in [9.17, 15) is 8.42 Å². The fourth-order valence-corrected chi connectivity index (χ4v) is 3.82. The zero-order valence-corrected chi connectivity index (χ0v) is 12.7. The lowest BCUT2D eigenvalue weighted by Crippen LogP contribution is -2.25. The van der Waals surface area contributed by atoms with E-state index in [1.807, 2.05) is 0 Å². The van der Waals surface area contributed by atoms with Crippen LogP contribution in [-0.2, 0) is 14.8 Å². The Morgan fingerprint density at radius 1 is 1.50 bits per heavy atom. The van der Waals surface area contributed by atoms with Gasteiger partial charge in [0, 0.05) is 6.61 Å². The quantitative estimate of drug-likeness (QED) is 0.904. The van der Waals surface area contributed by atoms with E-state index in [1.165, 1.54) is 0 Å². The van der Waals surface area contributed by atoms with Gasteiger partial charge in [-0.05, 0) is 40.9 Å². The number of ether oxygens (including phenoxy) is 1. The van der Waals surface area contributed by atoms with E-state index < -0.39 is 10.0 Å². The third-order valence-corrected chi connectivity index (χ3v) is 5.39. The summed E-state index contributed by atoms with van der Waals surface area (Å²) in [7, 11) is -3.42. The lowest BCUT2D eigenvalue weighted by atomic mass is 10.3. The van der Waals surface area contributed by atoms with Crippen LogP contribution in [0.4, 0.5) is 5.69 Å². The van der Waals surface area contributed by atoms with Crippen LogP contribution in [0.15, 0.2) is 22.7 Å². The summed E-state index contributed by atoms with van der Waals surface area (Å²) < 4.78 is 32.3. The van der Waals surface area contributed by atoms with E-state index in [1.54, 1.807) is 18.2 Å². The Morgan fingerprint density at radius 2 is 2.28 bits per heavy atom. The molecule has 2 rings (SSSR count). The summed E-state index contributed by atoms with van der Waals surface area (Å²) in [6.45, 7) is 0.640. The number of hydrogen-bond acceptors (Lipinski definition) is 3. The number of anilines is 1. The summed E-state index contributed by atoms with van der Waals surface area (Å²) in [5, 5.41) is 0.465. The first-order chi connectivity index (χ1) is 8.48. The number of rotatable bonds is 4. The highest BCUT2D eigenvalue weighted by atomic mass is 79.9. The van der Waals surface area contributed by atoms with Gasteiger partial charge in [-0.3, -0.25) is 4.72 Å². The van der Waals surface area contributed by atoms with Gasteiger partial charge in [0.2, 0.25) is 10.0 Å². The molecule has 0 radical (unpaired) electrons. The standard InChI is InChI=1S/C11H13BrClNO3S/c12-11-9(13)4-1-5-10(11)14-18(15,16)7-8-3-2-6-17-8/h1,4-5,8,14H,2-3,6-7H2. The Hall–Kier alpha value is -0.300. The minimum atomic E-state index is -3.42. The van der Waals surface area contributed by atoms with Crippen LogP contribution >= 0.6 is 27.5 Å². The van der Waals surface area contributed by atoms with Gasteiger partial charge in [0.15, 0.2) is 0 Å². The summed E-state index contributed by atoms with van der Waals surface area (Å²) in [6.07, 6.45) is 1.50. The fraction of sp³-hybridized carbons (Fsp3) is 0.455. The molecule has 1 aliphatic rings. The number of halogens is 2. The smallest absolute Gasteiger partial charge is 0.235 e. The van der Waals surface area contributed by atoms with Crippen molar-refractivity contribution in [3.8, 4) is 0 Å². The third-order valence-electron chi connectivity index (χ3n) is 2.65. The van der Waals surface area contributed by atoms with E-state index in [0.29, 0.717) is 21.8 Å². The zero-order valence-electron chi connectivity index (χ0n) is 9.53. The van der Waals surface area contributed by atoms with Crippen molar-refractivity contribution in [1.29, 1.82) is 0 Å². The predicted molar refractivity (Wildman–Crippen MR) is 75.5 cm³/mol. The molecule has 1 fully saturated rings. The maximum absolute atomic E-state index is 12.0. The Labute approximate surface area is 120 Å². The molecular weight excluding hydrogens is 342 g/mol. The van der Waals surface area contributed by atoms with Crippen molar-refractivity contribution in [3.63, 3.8) is 0 Å². The summed E-state index contributed by atoms with van der Waals surface area (Å²) in [5.74, 6) is -0.0219. The van der Waals surface area contributed by atoms with Gasteiger partial charge in [-0.15, -0.1) is 0 Å². The molecule has 0 saturated carbocycles. The molecule has 1 atom stereocenters. The van der Waals surface area contributed by atoms with Gasteiger partial charge in [-0.25, -0.2) is 8.42 Å². The molecule has 0 spiro atoms. The molecule has 1 aromatic carbocycles. The highest BCUT2D eigenvalue weighted by Crippen LogP contribution is 2.30. The Bertz CT molecular complexity index is 529. The largest absolute Gasteiger partial charge is 0.377 e. The third kappa shape index (κ3) is 3.60. The maximum Gasteiger partial charge on any atom is 0.235 e. The Morgan fingerprint density at radius 3 is 2.94 bits per heavy atom. The van der Waals surface area contributed by atoms with Crippen LogP contribution in [0.25, 0.3) is 0 Å². The number of sulfonamides is 1. The van der Waals surface area contributed by atoms with Crippen LogP contribution in [0.2, 0.25) is 5.02 Å². The van der Waals surface area contributed by atoms with Crippen molar-refractivity contribution in [2.45, 2.75) is 18.9 Å². The highest BCUT2D eigenvalue weighted by Gasteiger charge is 2.23. The molecule has 0 aliphatic carbocycles. The van der Waals surface area contributed by atoms with Crippen molar-refractivity contribution in [2.75, 3.05) is 17.1 Å². The van der Waals surface area contributed by atoms with Crippen LogP contribution in [0.1, 0.15) is 12.8 Å². The molecule has 0 bridgehead atoms. The number of benzene rings is 1. The fourth-order valence-electron chi connectivity index (χ4n) is 1.81. The van der Waals surface area contributed by atoms with Crippen molar-refractivity contribution < 1.29 is 13.2 Å². The predicted octanol–water partition coefficient (Wildman–Crippen LogP) is 3.02. The molecule has 1 unspecified atom stereocenters. The lowest BCUT2D eigenvalue weighted by molar-refractivity contribution is 0.127. The molecular formula is C11H13BrClNO3S. The van der Waals surface area contributed by atoms with Gasteiger partial charge in [-0.1, -0.05) is 17.7 Å². The van der Waals surface area contributed by atoms with Crippen LogP contribution in [-0.4, -0.2) is 26.9 Å². The molecule has 1 aliphatic heterocycles. The van der Waals surface area contributed by atoms with Gasteiger partial charge in [-0.2, -0.15) is 0 Å². The molecule has 0 aromatic heterocycles. The van der Waals surface area contributed by atoms with Crippen LogP contribution < -0.4 is 4.72 Å². The molecule has 1 aromatic rings. The second-order valence-electron chi connectivity index (χ2n) is 4.12. The molecule has 0 amide bonds. The highest BCUT2D eigenvalue weighted by molar-refractivity contribution is 9.10. The normalized spacial score (nSPS) is 20.0. The van der Waals surface area contributed by atoms with E-state index in [2.05, 4.69) is 20.7 Å². The Balaban J connectivity index is 2.09. The lowest BCUT2D eigenvalue weighted by Gasteiger charge is -2.13. The number of nitrogens with one attached hydrogen (secondary N) is 1. The first-order valence-electron chi connectivity index (χ1n) is 5.54. The monoisotopic (exact) mass is 353 g/mol. The average molecular weight is 355 g/mol. The van der Waals surface area contributed by atoms with Crippen LogP contribution in [0.5, 0.6) is 0 Å². The minimum absolute atomic E-state index is 0.0219. The summed E-state index contributed by atoms with van der Waals surface area (Å²) in [4.78, 5) is 0. The molecule has 4 nitrogen and oxygen atoms in total. The summed E-state index contributed by atoms with van der Waals surface area (Å²) in [6, 6.07) is 5.03. The second-order valence-corrected chi connectivity index (χ2v) is 7.09. The minimum Gasteiger partial charge on any atom is -0.377 e.